The van der Waals surface area contributed by atoms with E-state index in [0.717, 1.165) is 56.8 Å². The number of hydrogen-bond donors (Lipinski definition) is 1. The molecule has 1 heterocycles. The Kier molecular flexibility index (Phi) is 6.63. The molecule has 2 fully saturated rings. The molecule has 2 saturated carbocycles. The van der Waals surface area contributed by atoms with Crippen LogP contribution in [0.1, 0.15) is 84.5 Å². The number of nitrogens with one attached hydrogen (secondary N) is 1. The number of carbonyl (C=O) groups excluding carboxylic acids is 3. The van der Waals surface area contributed by atoms with Crippen LogP contribution in [0.15, 0.2) is 11.3 Å². The van der Waals surface area contributed by atoms with Gasteiger partial charge in [-0.05, 0) is 39.0 Å². The summed E-state index contributed by atoms with van der Waals surface area (Å²) < 4.78 is 43.3. The number of rotatable bonds is 6. The molecule has 168 valence electrons. The van der Waals surface area contributed by atoms with E-state index in [1.165, 1.54) is 6.92 Å². The monoisotopic (exact) mass is 428 g/mol. The lowest BCUT2D eigenvalue weighted by Gasteiger charge is -2.34. The molecule has 2 amide bonds. The van der Waals surface area contributed by atoms with E-state index in [0.29, 0.717) is 25.2 Å². The van der Waals surface area contributed by atoms with Gasteiger partial charge in [0.05, 0.1) is 5.57 Å². The highest BCUT2D eigenvalue weighted by Crippen LogP contribution is 2.47. The molecule has 0 aromatic rings. The number of amides is 2. The molecule has 1 aliphatic heterocycles. The Hall–Kier alpha value is -1.86. The summed E-state index contributed by atoms with van der Waals surface area (Å²) >= 11 is 0. The standard InChI is InChI=1S/C22H31F3N2O3/c1-14-19(15(2)28)21(22(23,24)25,20(30)27(14)17-10-6-7-11-17)26-18(29)13-12-16-8-4-3-5-9-16/h16-17H,3-13H2,1-2H3,(H,26,29). The summed E-state index contributed by atoms with van der Waals surface area (Å²) in [4.78, 5) is 39.3. The molecule has 0 spiro atoms. The number of nitrogens with zero attached hydrogens (tertiary/aromatic N) is 1. The molecule has 0 bridgehead atoms. The fraction of sp³-hybridized carbons (Fsp3) is 0.773. The van der Waals surface area contributed by atoms with Gasteiger partial charge in [-0.25, -0.2) is 0 Å². The van der Waals surface area contributed by atoms with E-state index in [1.807, 2.05) is 5.32 Å². The Bertz CT molecular complexity index is 734. The molecular weight excluding hydrogens is 397 g/mol. The van der Waals surface area contributed by atoms with Gasteiger partial charge in [-0.2, -0.15) is 13.2 Å². The van der Waals surface area contributed by atoms with Gasteiger partial charge in [0.15, 0.2) is 5.78 Å². The molecule has 3 aliphatic rings. The molecule has 8 heteroatoms. The van der Waals surface area contributed by atoms with Crippen molar-refractivity contribution in [2.24, 2.45) is 5.92 Å². The fourth-order valence-electron chi connectivity index (χ4n) is 5.49. The van der Waals surface area contributed by atoms with Gasteiger partial charge in [0, 0.05) is 18.2 Å². The minimum absolute atomic E-state index is 0.0179. The smallest absolute Gasteiger partial charge is 0.330 e. The topological polar surface area (TPSA) is 66.5 Å². The first-order valence-corrected chi connectivity index (χ1v) is 11.0. The molecule has 0 aromatic heterocycles. The lowest BCUT2D eigenvalue weighted by molar-refractivity contribution is -0.195. The minimum Gasteiger partial charge on any atom is -0.330 e. The fourth-order valence-corrected chi connectivity index (χ4v) is 5.49. The molecule has 5 nitrogen and oxygen atoms in total. The second-order valence-corrected chi connectivity index (χ2v) is 8.97. The first-order chi connectivity index (χ1) is 14.1. The van der Waals surface area contributed by atoms with Gasteiger partial charge in [0.1, 0.15) is 0 Å². The Morgan fingerprint density at radius 3 is 2.17 bits per heavy atom. The molecule has 1 N–H and O–H groups in total. The third kappa shape index (κ3) is 4.02. The van der Waals surface area contributed by atoms with Gasteiger partial charge in [-0.1, -0.05) is 44.9 Å². The van der Waals surface area contributed by atoms with Gasteiger partial charge >= 0.3 is 6.18 Å². The highest BCUT2D eigenvalue weighted by atomic mass is 19.4. The van der Waals surface area contributed by atoms with E-state index in [9.17, 15) is 27.6 Å². The van der Waals surface area contributed by atoms with Crippen LogP contribution in [0.5, 0.6) is 0 Å². The summed E-state index contributed by atoms with van der Waals surface area (Å²) in [5, 5.41) is 2.00. The normalized spacial score (nSPS) is 26.6. The van der Waals surface area contributed by atoms with Crippen LogP contribution < -0.4 is 5.32 Å². The van der Waals surface area contributed by atoms with E-state index in [2.05, 4.69) is 0 Å². The van der Waals surface area contributed by atoms with Crippen molar-refractivity contribution in [2.75, 3.05) is 0 Å². The number of alkyl halides is 3. The van der Waals surface area contributed by atoms with Crippen molar-refractivity contribution in [3.63, 3.8) is 0 Å². The Morgan fingerprint density at radius 2 is 1.63 bits per heavy atom. The third-order valence-corrected chi connectivity index (χ3v) is 6.94. The summed E-state index contributed by atoms with van der Waals surface area (Å²) in [5.74, 6) is -2.59. The van der Waals surface area contributed by atoms with E-state index in [1.54, 1.807) is 0 Å². The third-order valence-electron chi connectivity index (χ3n) is 6.94. The van der Waals surface area contributed by atoms with Crippen LogP contribution in [0, 0.1) is 5.92 Å². The number of Topliss-reactive ketones (excluding diaryl/α,β-unsaturated/α-hetero) is 1. The van der Waals surface area contributed by atoms with Gasteiger partial charge in [-0.3, -0.25) is 14.4 Å². The predicted molar refractivity (Wildman–Crippen MR) is 105 cm³/mol. The Labute approximate surface area is 175 Å². The van der Waals surface area contributed by atoms with Crippen molar-refractivity contribution < 1.29 is 27.6 Å². The van der Waals surface area contributed by atoms with Gasteiger partial charge in [0.25, 0.3) is 5.91 Å². The molecule has 30 heavy (non-hydrogen) atoms. The molecule has 3 rings (SSSR count). The van der Waals surface area contributed by atoms with Gasteiger partial charge < -0.3 is 10.2 Å². The van der Waals surface area contributed by atoms with Crippen LogP contribution in [0.25, 0.3) is 0 Å². The summed E-state index contributed by atoms with van der Waals surface area (Å²) in [7, 11) is 0. The van der Waals surface area contributed by atoms with Crippen molar-refractivity contribution in [1.82, 2.24) is 10.2 Å². The number of halogens is 3. The lowest BCUT2D eigenvalue weighted by atomic mass is 9.85. The molecule has 0 aromatic carbocycles. The maximum atomic E-state index is 14.4. The minimum atomic E-state index is -5.11. The molecule has 1 unspecified atom stereocenters. The van der Waals surface area contributed by atoms with E-state index < -0.39 is 34.9 Å². The predicted octanol–water partition coefficient (Wildman–Crippen LogP) is 4.41. The van der Waals surface area contributed by atoms with Crippen LogP contribution in [-0.2, 0) is 14.4 Å². The van der Waals surface area contributed by atoms with Crippen molar-refractivity contribution >= 4 is 17.6 Å². The van der Waals surface area contributed by atoms with Crippen molar-refractivity contribution in [1.29, 1.82) is 0 Å². The van der Waals surface area contributed by atoms with Crippen molar-refractivity contribution in [3.05, 3.63) is 11.3 Å². The zero-order chi connectivity index (χ0) is 22.1. The van der Waals surface area contributed by atoms with E-state index >= 15 is 0 Å². The first-order valence-electron chi connectivity index (χ1n) is 11.0. The zero-order valence-electron chi connectivity index (χ0n) is 17.7. The second kappa shape index (κ2) is 8.71. The van der Waals surface area contributed by atoms with Crippen LogP contribution >= 0.6 is 0 Å². The van der Waals surface area contributed by atoms with Crippen LogP contribution in [0.4, 0.5) is 13.2 Å². The summed E-state index contributed by atoms with van der Waals surface area (Å²) in [6, 6.07) is -0.366. The number of carbonyl (C=O) groups is 3. The van der Waals surface area contributed by atoms with E-state index in [4.69, 9.17) is 0 Å². The lowest BCUT2D eigenvalue weighted by Crippen LogP contribution is -2.66. The highest BCUT2D eigenvalue weighted by Gasteiger charge is 2.70. The van der Waals surface area contributed by atoms with Crippen LogP contribution in [0.3, 0.4) is 0 Å². The molecular formula is C22H31F3N2O3. The Morgan fingerprint density at radius 1 is 1.07 bits per heavy atom. The molecule has 1 atom stereocenters. The zero-order valence-corrected chi connectivity index (χ0v) is 17.7. The molecule has 0 radical (unpaired) electrons. The Balaban J connectivity index is 1.89. The second-order valence-electron chi connectivity index (χ2n) is 8.97. The van der Waals surface area contributed by atoms with Gasteiger partial charge in [-0.15, -0.1) is 0 Å². The highest BCUT2D eigenvalue weighted by molar-refractivity contribution is 6.12. The molecule has 2 aliphatic carbocycles. The van der Waals surface area contributed by atoms with Crippen LogP contribution in [-0.4, -0.2) is 40.3 Å². The average Bonchev–Trinajstić information content (AvgIpc) is 3.26. The number of hydrogen-bond acceptors (Lipinski definition) is 3. The maximum absolute atomic E-state index is 14.4. The largest absolute Gasteiger partial charge is 0.425 e. The SMILES string of the molecule is CC(=O)C1=C(C)N(C2CCCC2)C(=O)C1(NC(=O)CCC1CCCCC1)C(F)(F)F. The summed E-state index contributed by atoms with van der Waals surface area (Å²) in [5.41, 5.74) is -3.91. The van der Waals surface area contributed by atoms with Crippen LogP contribution in [0.2, 0.25) is 0 Å². The maximum Gasteiger partial charge on any atom is 0.425 e. The van der Waals surface area contributed by atoms with Crippen molar-refractivity contribution in [2.45, 2.75) is 102 Å². The van der Waals surface area contributed by atoms with Gasteiger partial charge in [0.2, 0.25) is 11.4 Å². The van der Waals surface area contributed by atoms with Crippen molar-refractivity contribution in [3.8, 4) is 0 Å². The summed E-state index contributed by atoms with van der Waals surface area (Å²) in [6.45, 7) is 2.41. The average molecular weight is 428 g/mol. The van der Waals surface area contributed by atoms with E-state index in [-0.39, 0.29) is 18.2 Å². The summed E-state index contributed by atoms with van der Waals surface area (Å²) in [6.07, 6.45) is 3.39. The first kappa shape index (κ1) is 22.8. The quantitative estimate of drug-likeness (QED) is 0.681. The number of ketones is 1. The molecule has 0 saturated heterocycles. The number of allylic oxidation sites excluding steroid dienone is 1.